The van der Waals surface area contributed by atoms with Crippen LogP contribution in [0.2, 0.25) is 5.02 Å². The number of urea groups is 1. The number of halogens is 1. The van der Waals surface area contributed by atoms with Crippen LogP contribution in [0.3, 0.4) is 0 Å². The Morgan fingerprint density at radius 2 is 2.27 bits per heavy atom. The molecule has 0 fully saturated rings. The lowest BCUT2D eigenvalue weighted by atomic mass is 10.2. The standard InChI is InChI=1S/C10H13ClN2O2/c1-3-12-10(14)13(15)9-6-8(11)5-4-7(9)2/h4-6,15H,3H2,1-2H3,(H,12,14). The van der Waals surface area contributed by atoms with Gasteiger partial charge in [-0.3, -0.25) is 5.21 Å². The van der Waals surface area contributed by atoms with Crippen LogP contribution in [-0.4, -0.2) is 17.8 Å². The molecule has 0 spiro atoms. The van der Waals surface area contributed by atoms with Gasteiger partial charge in [-0.1, -0.05) is 17.7 Å². The van der Waals surface area contributed by atoms with Crippen LogP contribution in [0.1, 0.15) is 12.5 Å². The molecule has 0 unspecified atom stereocenters. The maximum Gasteiger partial charge on any atom is 0.345 e. The number of aryl methyl sites for hydroxylation is 1. The Morgan fingerprint density at radius 3 is 2.87 bits per heavy atom. The van der Waals surface area contributed by atoms with Gasteiger partial charge in [0.1, 0.15) is 0 Å². The second kappa shape index (κ2) is 5.00. The SMILES string of the molecule is CCNC(=O)N(O)c1cc(Cl)ccc1C. The van der Waals surface area contributed by atoms with E-state index in [-0.39, 0.29) is 0 Å². The largest absolute Gasteiger partial charge is 0.345 e. The van der Waals surface area contributed by atoms with E-state index in [2.05, 4.69) is 5.32 Å². The second-order valence-corrected chi connectivity index (χ2v) is 3.51. The topological polar surface area (TPSA) is 52.6 Å². The number of benzene rings is 1. The molecule has 0 aliphatic rings. The average molecular weight is 229 g/mol. The Bertz CT molecular complexity index is 368. The first kappa shape index (κ1) is 11.8. The van der Waals surface area contributed by atoms with Crippen LogP contribution in [0.25, 0.3) is 0 Å². The first-order chi connectivity index (χ1) is 7.06. The Morgan fingerprint density at radius 1 is 1.60 bits per heavy atom. The zero-order valence-corrected chi connectivity index (χ0v) is 9.38. The molecule has 0 saturated heterocycles. The quantitative estimate of drug-likeness (QED) is 0.604. The van der Waals surface area contributed by atoms with Gasteiger partial charge in [0, 0.05) is 11.6 Å². The van der Waals surface area contributed by atoms with E-state index in [1.54, 1.807) is 26.0 Å². The summed E-state index contributed by atoms with van der Waals surface area (Å²) in [5.74, 6) is 0. The van der Waals surface area contributed by atoms with Crippen molar-refractivity contribution in [2.45, 2.75) is 13.8 Å². The van der Waals surface area contributed by atoms with E-state index in [1.807, 2.05) is 0 Å². The van der Waals surface area contributed by atoms with E-state index >= 15 is 0 Å². The number of hydrogen-bond donors (Lipinski definition) is 2. The Kier molecular flexibility index (Phi) is 3.94. The monoisotopic (exact) mass is 228 g/mol. The molecule has 1 aromatic carbocycles. The van der Waals surface area contributed by atoms with Crippen LogP contribution in [0.5, 0.6) is 0 Å². The van der Waals surface area contributed by atoms with Crippen molar-refractivity contribution >= 4 is 23.3 Å². The molecule has 0 bridgehead atoms. The van der Waals surface area contributed by atoms with Crippen molar-refractivity contribution < 1.29 is 10.0 Å². The van der Waals surface area contributed by atoms with Crippen LogP contribution < -0.4 is 10.4 Å². The molecular weight excluding hydrogens is 216 g/mol. The minimum absolute atomic E-state index is 0.383. The number of amides is 2. The van der Waals surface area contributed by atoms with Crippen molar-refractivity contribution in [1.82, 2.24) is 5.32 Å². The fourth-order valence-electron chi connectivity index (χ4n) is 1.15. The van der Waals surface area contributed by atoms with E-state index in [0.29, 0.717) is 22.3 Å². The van der Waals surface area contributed by atoms with Crippen molar-refractivity contribution in [3.63, 3.8) is 0 Å². The van der Waals surface area contributed by atoms with Gasteiger partial charge in [-0.2, -0.15) is 5.06 Å². The summed E-state index contributed by atoms with van der Waals surface area (Å²) in [5.41, 5.74) is 1.15. The normalized spacial score (nSPS) is 9.87. The Labute approximate surface area is 93.4 Å². The van der Waals surface area contributed by atoms with Crippen molar-refractivity contribution in [3.8, 4) is 0 Å². The molecule has 4 nitrogen and oxygen atoms in total. The molecule has 2 N–H and O–H groups in total. The molecule has 5 heteroatoms. The van der Waals surface area contributed by atoms with E-state index in [0.717, 1.165) is 5.56 Å². The van der Waals surface area contributed by atoms with Gasteiger partial charge in [-0.25, -0.2) is 4.79 Å². The third kappa shape index (κ3) is 2.84. The van der Waals surface area contributed by atoms with Crippen LogP contribution >= 0.6 is 11.6 Å². The maximum absolute atomic E-state index is 11.3. The zero-order valence-electron chi connectivity index (χ0n) is 8.62. The third-order valence-corrected chi connectivity index (χ3v) is 2.15. The predicted octanol–water partition coefficient (Wildman–Crippen LogP) is 2.57. The zero-order chi connectivity index (χ0) is 11.4. The number of nitrogens with zero attached hydrogens (tertiary/aromatic N) is 1. The smallest absolute Gasteiger partial charge is 0.336 e. The molecular formula is C10H13ClN2O2. The molecule has 2 amide bonds. The third-order valence-electron chi connectivity index (χ3n) is 1.92. The number of hydroxylamine groups is 1. The first-order valence-electron chi connectivity index (χ1n) is 4.59. The molecule has 82 valence electrons. The highest BCUT2D eigenvalue weighted by atomic mass is 35.5. The number of carbonyl (C=O) groups is 1. The average Bonchev–Trinajstić information content (AvgIpc) is 2.21. The minimum atomic E-state index is -0.567. The van der Waals surface area contributed by atoms with Crippen molar-refractivity contribution in [2.24, 2.45) is 0 Å². The number of anilines is 1. The van der Waals surface area contributed by atoms with Crippen molar-refractivity contribution in [1.29, 1.82) is 0 Å². The van der Waals surface area contributed by atoms with Gasteiger partial charge in [0.2, 0.25) is 0 Å². The first-order valence-corrected chi connectivity index (χ1v) is 4.97. The second-order valence-electron chi connectivity index (χ2n) is 3.08. The van der Waals surface area contributed by atoms with Gasteiger partial charge in [-0.05, 0) is 31.5 Å². The van der Waals surface area contributed by atoms with Gasteiger partial charge in [0.05, 0.1) is 5.69 Å². The Hall–Kier alpha value is -1.26. The number of carbonyl (C=O) groups excluding carboxylic acids is 1. The molecule has 0 aliphatic heterocycles. The minimum Gasteiger partial charge on any atom is -0.336 e. The lowest BCUT2D eigenvalue weighted by molar-refractivity contribution is 0.205. The van der Waals surface area contributed by atoms with Gasteiger partial charge in [-0.15, -0.1) is 0 Å². The summed E-state index contributed by atoms with van der Waals surface area (Å²) in [4.78, 5) is 11.3. The van der Waals surface area contributed by atoms with E-state index in [4.69, 9.17) is 11.6 Å². The van der Waals surface area contributed by atoms with E-state index in [1.165, 1.54) is 6.07 Å². The summed E-state index contributed by atoms with van der Waals surface area (Å²) >= 11 is 5.77. The number of hydrogen-bond acceptors (Lipinski definition) is 2. The fraction of sp³-hybridized carbons (Fsp3) is 0.300. The van der Waals surface area contributed by atoms with Gasteiger partial charge in [0.15, 0.2) is 0 Å². The molecule has 0 aromatic heterocycles. The van der Waals surface area contributed by atoms with Crippen LogP contribution in [0.4, 0.5) is 10.5 Å². The maximum atomic E-state index is 11.3. The molecule has 0 atom stereocenters. The van der Waals surface area contributed by atoms with Crippen LogP contribution in [0.15, 0.2) is 18.2 Å². The highest BCUT2D eigenvalue weighted by molar-refractivity contribution is 6.31. The van der Waals surface area contributed by atoms with Gasteiger partial charge < -0.3 is 5.32 Å². The molecule has 1 rings (SSSR count). The summed E-state index contributed by atoms with van der Waals surface area (Å²) in [7, 11) is 0. The van der Waals surface area contributed by atoms with Gasteiger partial charge >= 0.3 is 6.03 Å². The highest BCUT2D eigenvalue weighted by Gasteiger charge is 2.14. The molecule has 15 heavy (non-hydrogen) atoms. The Balaban J connectivity index is 2.94. The summed E-state index contributed by atoms with van der Waals surface area (Å²) in [6.45, 7) is 4.01. The summed E-state index contributed by atoms with van der Waals surface area (Å²) in [5, 5.41) is 13.1. The van der Waals surface area contributed by atoms with Crippen LogP contribution in [-0.2, 0) is 0 Å². The van der Waals surface area contributed by atoms with E-state index in [9.17, 15) is 10.0 Å². The molecule has 0 radical (unpaired) electrons. The van der Waals surface area contributed by atoms with Crippen LogP contribution in [0, 0.1) is 6.92 Å². The molecule has 1 aromatic rings. The summed E-state index contributed by atoms with van der Waals surface area (Å²) in [6, 6.07) is 4.40. The molecule has 0 aliphatic carbocycles. The molecule has 0 heterocycles. The fourth-order valence-corrected chi connectivity index (χ4v) is 1.31. The van der Waals surface area contributed by atoms with Crippen molar-refractivity contribution in [3.05, 3.63) is 28.8 Å². The lowest BCUT2D eigenvalue weighted by Gasteiger charge is -2.17. The summed E-state index contributed by atoms with van der Waals surface area (Å²) < 4.78 is 0. The summed E-state index contributed by atoms with van der Waals surface area (Å²) in [6.07, 6.45) is 0. The van der Waals surface area contributed by atoms with E-state index < -0.39 is 6.03 Å². The molecule has 0 saturated carbocycles. The lowest BCUT2D eigenvalue weighted by Crippen LogP contribution is -2.37. The highest BCUT2D eigenvalue weighted by Crippen LogP contribution is 2.23. The van der Waals surface area contributed by atoms with Crippen molar-refractivity contribution in [2.75, 3.05) is 11.6 Å². The number of rotatable bonds is 2. The predicted molar refractivity (Wildman–Crippen MR) is 59.5 cm³/mol. The number of nitrogens with one attached hydrogen (secondary N) is 1. The van der Waals surface area contributed by atoms with Gasteiger partial charge in [0.25, 0.3) is 0 Å².